The molecule has 0 aliphatic rings. The summed E-state index contributed by atoms with van der Waals surface area (Å²) in [6.45, 7) is 7.51. The highest BCUT2D eigenvalue weighted by molar-refractivity contribution is 5.34. The summed E-state index contributed by atoms with van der Waals surface area (Å²) < 4.78 is 5.74. The molecule has 0 unspecified atom stereocenters. The van der Waals surface area contributed by atoms with Crippen molar-refractivity contribution in [1.29, 1.82) is 0 Å². The van der Waals surface area contributed by atoms with Crippen molar-refractivity contribution in [2.75, 3.05) is 26.2 Å². The topological polar surface area (TPSA) is 53.5 Å². The van der Waals surface area contributed by atoms with Crippen LogP contribution in [0.2, 0.25) is 0 Å². The largest absolute Gasteiger partial charge is 0.487 e. The Morgan fingerprint density at radius 3 is 2.88 bits per heavy atom. The molecule has 3 nitrogen and oxygen atoms in total. The predicted molar refractivity (Wildman–Crippen MR) is 65.3 cm³/mol. The number of ether oxygens (including phenoxy) is 1. The van der Waals surface area contributed by atoms with E-state index in [1.54, 1.807) is 0 Å². The normalized spacial score (nSPS) is 10.1. The zero-order valence-electron chi connectivity index (χ0n) is 9.82. The minimum Gasteiger partial charge on any atom is -0.487 e. The highest BCUT2D eigenvalue weighted by atomic mass is 16.5. The summed E-state index contributed by atoms with van der Waals surface area (Å²) in [6, 6.07) is 8.12. The molecule has 0 heterocycles. The summed E-state index contributed by atoms with van der Waals surface area (Å²) in [4.78, 5) is 0. The third kappa shape index (κ3) is 4.47. The van der Waals surface area contributed by atoms with Crippen LogP contribution < -0.4 is 15.8 Å². The molecule has 0 saturated heterocycles. The Balaban J connectivity index is 2.37. The second kappa shape index (κ2) is 7.91. The number of para-hydroxylation sites is 1. The van der Waals surface area contributed by atoms with E-state index >= 15 is 0 Å². The van der Waals surface area contributed by atoms with Crippen LogP contribution in [0, 0.1) is 0 Å². The van der Waals surface area contributed by atoms with Gasteiger partial charge in [-0.05, 0) is 18.1 Å². The third-order valence-electron chi connectivity index (χ3n) is 2.32. The standard InChI is InChI=1S/C13H20N2O/c1-2-5-12-6-3-4-7-13(12)16-11-10-15-9-8-14/h2-4,6-7,15H,1,5,8-11,14H2/p+2. The maximum atomic E-state index is 5.74. The zero-order chi connectivity index (χ0) is 11.6. The van der Waals surface area contributed by atoms with Crippen LogP contribution >= 0.6 is 0 Å². The number of hydrogen-bond acceptors (Lipinski definition) is 1. The molecule has 0 amide bonds. The van der Waals surface area contributed by atoms with Crippen LogP contribution in [0.3, 0.4) is 0 Å². The van der Waals surface area contributed by atoms with Crippen molar-refractivity contribution in [2.45, 2.75) is 6.42 Å². The molecule has 5 N–H and O–H groups in total. The molecule has 16 heavy (non-hydrogen) atoms. The number of nitrogens with two attached hydrogens (primary N) is 1. The summed E-state index contributed by atoms with van der Waals surface area (Å²) in [5, 5.41) is 2.23. The van der Waals surface area contributed by atoms with Gasteiger partial charge in [-0.3, -0.25) is 0 Å². The van der Waals surface area contributed by atoms with Crippen molar-refractivity contribution in [2.24, 2.45) is 0 Å². The van der Waals surface area contributed by atoms with Gasteiger partial charge < -0.3 is 15.8 Å². The fourth-order valence-electron chi connectivity index (χ4n) is 1.51. The monoisotopic (exact) mass is 222 g/mol. The molecule has 0 aliphatic carbocycles. The van der Waals surface area contributed by atoms with Gasteiger partial charge >= 0.3 is 0 Å². The smallest absolute Gasteiger partial charge is 0.137 e. The van der Waals surface area contributed by atoms with E-state index in [0.29, 0.717) is 0 Å². The Morgan fingerprint density at radius 1 is 1.31 bits per heavy atom. The molecule has 1 rings (SSSR count). The molecule has 0 bridgehead atoms. The third-order valence-corrected chi connectivity index (χ3v) is 2.32. The van der Waals surface area contributed by atoms with E-state index in [-0.39, 0.29) is 0 Å². The highest BCUT2D eigenvalue weighted by Crippen LogP contribution is 2.18. The summed E-state index contributed by atoms with van der Waals surface area (Å²) >= 11 is 0. The van der Waals surface area contributed by atoms with Gasteiger partial charge in [-0.1, -0.05) is 24.3 Å². The molecular weight excluding hydrogens is 200 g/mol. The van der Waals surface area contributed by atoms with Crippen LogP contribution in [0.1, 0.15) is 5.56 Å². The molecule has 88 valence electrons. The summed E-state index contributed by atoms with van der Waals surface area (Å²) in [5.41, 5.74) is 5.00. The van der Waals surface area contributed by atoms with Gasteiger partial charge in [-0.2, -0.15) is 0 Å². The van der Waals surface area contributed by atoms with Gasteiger partial charge in [-0.15, -0.1) is 6.58 Å². The molecule has 0 radical (unpaired) electrons. The SMILES string of the molecule is C=CCc1ccccc1OCC[NH2+]CC[NH3+]. The summed E-state index contributed by atoms with van der Waals surface area (Å²) in [5.74, 6) is 0.977. The summed E-state index contributed by atoms with van der Waals surface area (Å²) in [6.07, 6.45) is 2.76. The minimum atomic E-state index is 0.744. The van der Waals surface area contributed by atoms with Crippen molar-refractivity contribution in [3.05, 3.63) is 42.5 Å². The highest BCUT2D eigenvalue weighted by Gasteiger charge is 2.01. The molecular formula is C13H22N2O+2. The first-order chi connectivity index (χ1) is 7.88. The van der Waals surface area contributed by atoms with Crippen LogP contribution in [-0.4, -0.2) is 26.2 Å². The van der Waals surface area contributed by atoms with Gasteiger partial charge in [0.1, 0.15) is 32.0 Å². The second-order valence-corrected chi connectivity index (χ2v) is 3.67. The van der Waals surface area contributed by atoms with Crippen molar-refractivity contribution < 1.29 is 15.8 Å². The minimum absolute atomic E-state index is 0.744. The van der Waals surface area contributed by atoms with E-state index in [1.165, 1.54) is 5.56 Å². The van der Waals surface area contributed by atoms with Crippen molar-refractivity contribution >= 4 is 0 Å². The van der Waals surface area contributed by atoms with E-state index in [2.05, 4.69) is 23.7 Å². The van der Waals surface area contributed by atoms with Crippen LogP contribution in [0.25, 0.3) is 0 Å². The Bertz CT molecular complexity index is 313. The Hall–Kier alpha value is -1.32. The molecule has 0 saturated carbocycles. The van der Waals surface area contributed by atoms with E-state index in [0.717, 1.165) is 38.4 Å². The molecule has 0 spiro atoms. The first-order valence-electron chi connectivity index (χ1n) is 5.81. The Labute approximate surface area is 97.3 Å². The molecule has 1 aromatic carbocycles. The molecule has 0 aromatic heterocycles. The first kappa shape index (κ1) is 12.7. The maximum Gasteiger partial charge on any atom is 0.137 e. The van der Waals surface area contributed by atoms with Gasteiger partial charge in [-0.25, -0.2) is 0 Å². The number of allylic oxidation sites excluding steroid dienone is 1. The quantitative estimate of drug-likeness (QED) is 0.456. The fourth-order valence-corrected chi connectivity index (χ4v) is 1.51. The molecule has 0 aliphatic heterocycles. The van der Waals surface area contributed by atoms with E-state index < -0.39 is 0 Å². The van der Waals surface area contributed by atoms with Crippen LogP contribution in [-0.2, 0) is 6.42 Å². The Morgan fingerprint density at radius 2 is 2.12 bits per heavy atom. The average molecular weight is 222 g/mol. The van der Waals surface area contributed by atoms with Crippen LogP contribution in [0.15, 0.2) is 36.9 Å². The van der Waals surface area contributed by atoms with Crippen molar-refractivity contribution in [3.63, 3.8) is 0 Å². The zero-order valence-corrected chi connectivity index (χ0v) is 9.82. The molecule has 3 heteroatoms. The van der Waals surface area contributed by atoms with Gasteiger partial charge in [0.05, 0.1) is 0 Å². The van der Waals surface area contributed by atoms with E-state index in [4.69, 9.17) is 4.74 Å². The average Bonchev–Trinajstić information content (AvgIpc) is 2.31. The number of benzene rings is 1. The van der Waals surface area contributed by atoms with E-state index in [9.17, 15) is 0 Å². The van der Waals surface area contributed by atoms with Gasteiger partial charge in [0.25, 0.3) is 0 Å². The fraction of sp³-hybridized carbons (Fsp3) is 0.385. The van der Waals surface area contributed by atoms with Gasteiger partial charge in [0.15, 0.2) is 0 Å². The van der Waals surface area contributed by atoms with Crippen LogP contribution in [0.5, 0.6) is 5.75 Å². The first-order valence-corrected chi connectivity index (χ1v) is 5.81. The predicted octanol–water partition coefficient (Wildman–Crippen LogP) is -0.401. The lowest BCUT2D eigenvalue weighted by Gasteiger charge is -2.09. The lowest BCUT2D eigenvalue weighted by molar-refractivity contribution is -0.670. The second-order valence-electron chi connectivity index (χ2n) is 3.67. The lowest BCUT2D eigenvalue weighted by atomic mass is 10.1. The number of quaternary nitrogens is 2. The summed E-state index contributed by atoms with van der Waals surface area (Å²) in [7, 11) is 0. The van der Waals surface area contributed by atoms with Gasteiger partial charge in [0, 0.05) is 0 Å². The Kier molecular flexibility index (Phi) is 6.30. The van der Waals surface area contributed by atoms with Gasteiger partial charge in [0.2, 0.25) is 0 Å². The van der Waals surface area contributed by atoms with E-state index in [1.807, 2.05) is 24.3 Å². The molecule has 0 atom stereocenters. The molecule has 1 aromatic rings. The van der Waals surface area contributed by atoms with Crippen molar-refractivity contribution in [3.8, 4) is 5.75 Å². The maximum absolute atomic E-state index is 5.74. The lowest BCUT2D eigenvalue weighted by Crippen LogP contribution is -2.88. The van der Waals surface area contributed by atoms with Crippen molar-refractivity contribution in [1.82, 2.24) is 0 Å². The number of hydrogen-bond donors (Lipinski definition) is 2. The molecule has 0 fully saturated rings. The number of rotatable bonds is 8. The van der Waals surface area contributed by atoms with Crippen LogP contribution in [0.4, 0.5) is 0 Å².